The summed E-state index contributed by atoms with van der Waals surface area (Å²) in [4.78, 5) is 14.5. The Hall–Kier alpha value is -2.29. The highest BCUT2D eigenvalue weighted by Crippen LogP contribution is 2.21. The third-order valence-corrected chi connectivity index (χ3v) is 4.17. The van der Waals surface area contributed by atoms with Gasteiger partial charge in [0.15, 0.2) is 0 Å². The van der Waals surface area contributed by atoms with Crippen LogP contribution in [-0.4, -0.2) is 20.0 Å². The minimum Gasteiger partial charge on any atom is -0.378 e. The van der Waals surface area contributed by atoms with E-state index in [0.717, 1.165) is 23.4 Å². The topological polar surface area (TPSA) is 32.3 Å². The molecule has 0 saturated carbocycles. The van der Waals surface area contributed by atoms with Gasteiger partial charge in [-0.25, -0.2) is 0 Å². The van der Waals surface area contributed by atoms with Crippen molar-refractivity contribution in [2.75, 3.05) is 24.3 Å². The molecule has 1 atom stereocenters. The van der Waals surface area contributed by atoms with Gasteiger partial charge < -0.3 is 10.2 Å². The van der Waals surface area contributed by atoms with Gasteiger partial charge in [-0.05, 0) is 54.7 Å². The highest BCUT2D eigenvalue weighted by molar-refractivity contribution is 5.95. The summed E-state index contributed by atoms with van der Waals surface area (Å²) in [6, 6.07) is 16.3. The fourth-order valence-electron chi connectivity index (χ4n) is 2.66. The van der Waals surface area contributed by atoms with Crippen LogP contribution in [0, 0.1) is 5.92 Å². The minimum atomic E-state index is -0.174. The third kappa shape index (κ3) is 4.85. The lowest BCUT2D eigenvalue weighted by molar-refractivity contribution is -0.117. The van der Waals surface area contributed by atoms with Gasteiger partial charge in [0.1, 0.15) is 0 Å². The Morgan fingerprint density at radius 1 is 0.958 bits per heavy atom. The number of hydrogen-bond acceptors (Lipinski definition) is 2. The van der Waals surface area contributed by atoms with Crippen LogP contribution in [0.15, 0.2) is 48.5 Å². The van der Waals surface area contributed by atoms with Crippen molar-refractivity contribution in [2.45, 2.75) is 33.1 Å². The average molecular weight is 324 g/mol. The molecule has 0 saturated heterocycles. The summed E-state index contributed by atoms with van der Waals surface area (Å²) < 4.78 is 0. The van der Waals surface area contributed by atoms with Gasteiger partial charge in [0.05, 0.1) is 5.92 Å². The van der Waals surface area contributed by atoms with Gasteiger partial charge in [-0.3, -0.25) is 4.79 Å². The van der Waals surface area contributed by atoms with Gasteiger partial charge in [-0.2, -0.15) is 0 Å². The number of carbonyl (C=O) groups excluding carboxylic acids is 1. The fourth-order valence-corrected chi connectivity index (χ4v) is 2.66. The Labute approximate surface area is 145 Å². The fraction of sp³-hybridized carbons (Fsp3) is 0.381. The summed E-state index contributed by atoms with van der Waals surface area (Å²) in [6.07, 6.45) is 1.07. The molecule has 2 aromatic rings. The number of anilines is 2. The number of rotatable bonds is 6. The summed E-state index contributed by atoms with van der Waals surface area (Å²) >= 11 is 0. The van der Waals surface area contributed by atoms with Crippen LogP contribution in [0.4, 0.5) is 11.4 Å². The van der Waals surface area contributed by atoms with E-state index in [1.807, 2.05) is 50.2 Å². The molecule has 0 radical (unpaired) electrons. The van der Waals surface area contributed by atoms with E-state index in [-0.39, 0.29) is 11.8 Å². The Morgan fingerprint density at radius 3 is 2.04 bits per heavy atom. The van der Waals surface area contributed by atoms with Gasteiger partial charge in [0.2, 0.25) is 5.91 Å². The highest BCUT2D eigenvalue weighted by atomic mass is 16.1. The van der Waals surface area contributed by atoms with Gasteiger partial charge in [-0.15, -0.1) is 0 Å². The first-order valence-electron chi connectivity index (χ1n) is 8.54. The molecule has 3 nitrogen and oxygen atoms in total. The predicted molar refractivity (Wildman–Crippen MR) is 103 cm³/mol. The molecule has 1 N–H and O–H groups in total. The second kappa shape index (κ2) is 8.00. The van der Waals surface area contributed by atoms with E-state index in [9.17, 15) is 4.79 Å². The van der Waals surface area contributed by atoms with Crippen molar-refractivity contribution in [3.05, 3.63) is 59.7 Å². The molecule has 0 spiro atoms. The van der Waals surface area contributed by atoms with Crippen molar-refractivity contribution < 1.29 is 4.79 Å². The molecular weight excluding hydrogens is 296 g/mol. The van der Waals surface area contributed by atoms with Crippen LogP contribution in [0.25, 0.3) is 0 Å². The zero-order valence-corrected chi connectivity index (χ0v) is 15.3. The van der Waals surface area contributed by atoms with Crippen LogP contribution in [0.1, 0.15) is 37.8 Å². The summed E-state index contributed by atoms with van der Waals surface area (Å²) in [5.41, 5.74) is 4.31. The van der Waals surface area contributed by atoms with Gasteiger partial charge in [0.25, 0.3) is 0 Å². The largest absolute Gasteiger partial charge is 0.378 e. The highest BCUT2D eigenvalue weighted by Gasteiger charge is 2.15. The molecule has 24 heavy (non-hydrogen) atoms. The average Bonchev–Trinajstić information content (AvgIpc) is 2.54. The van der Waals surface area contributed by atoms with E-state index in [4.69, 9.17) is 0 Å². The first-order chi connectivity index (χ1) is 11.4. The van der Waals surface area contributed by atoms with Crippen molar-refractivity contribution in [3.8, 4) is 0 Å². The van der Waals surface area contributed by atoms with Crippen LogP contribution in [-0.2, 0) is 11.2 Å². The SMILES string of the molecule is CC(C)Cc1ccc([C@H](C)C(=O)Nc2ccc(N(C)C)cc2)cc1. The van der Waals surface area contributed by atoms with Crippen LogP contribution in [0.3, 0.4) is 0 Å². The van der Waals surface area contributed by atoms with Crippen molar-refractivity contribution in [1.82, 2.24) is 0 Å². The van der Waals surface area contributed by atoms with E-state index < -0.39 is 0 Å². The lowest BCUT2D eigenvalue weighted by Crippen LogP contribution is -2.19. The molecule has 0 heterocycles. The van der Waals surface area contributed by atoms with E-state index in [2.05, 4.69) is 43.4 Å². The van der Waals surface area contributed by atoms with Crippen molar-refractivity contribution >= 4 is 17.3 Å². The van der Waals surface area contributed by atoms with Crippen molar-refractivity contribution in [2.24, 2.45) is 5.92 Å². The molecule has 1 amide bonds. The van der Waals surface area contributed by atoms with E-state index >= 15 is 0 Å². The van der Waals surface area contributed by atoms with Crippen LogP contribution in [0.2, 0.25) is 0 Å². The van der Waals surface area contributed by atoms with Crippen molar-refractivity contribution in [3.63, 3.8) is 0 Å². The first-order valence-corrected chi connectivity index (χ1v) is 8.54. The Kier molecular flexibility index (Phi) is 6.02. The van der Waals surface area contributed by atoms with Crippen LogP contribution < -0.4 is 10.2 Å². The Morgan fingerprint density at radius 2 is 1.54 bits per heavy atom. The maximum atomic E-state index is 12.5. The molecule has 0 aliphatic rings. The van der Waals surface area contributed by atoms with Gasteiger partial charge >= 0.3 is 0 Å². The molecular formula is C21H28N2O. The summed E-state index contributed by atoms with van der Waals surface area (Å²) in [7, 11) is 4.00. The summed E-state index contributed by atoms with van der Waals surface area (Å²) in [5.74, 6) is 0.484. The normalized spacial score (nSPS) is 12.1. The number of nitrogens with one attached hydrogen (secondary N) is 1. The number of benzene rings is 2. The molecule has 128 valence electrons. The lowest BCUT2D eigenvalue weighted by atomic mass is 9.96. The minimum absolute atomic E-state index is 0.0178. The molecule has 0 aliphatic carbocycles. The lowest BCUT2D eigenvalue weighted by Gasteiger charge is -2.15. The second-order valence-electron chi connectivity index (χ2n) is 6.99. The Balaban J connectivity index is 2.01. The molecule has 0 aromatic heterocycles. The van der Waals surface area contributed by atoms with Crippen molar-refractivity contribution in [1.29, 1.82) is 0 Å². The molecule has 2 aromatic carbocycles. The number of amides is 1. The van der Waals surface area contributed by atoms with Gasteiger partial charge in [-0.1, -0.05) is 38.1 Å². The molecule has 2 rings (SSSR count). The van der Waals surface area contributed by atoms with Crippen LogP contribution >= 0.6 is 0 Å². The standard InChI is InChI=1S/C21H28N2O/c1-15(2)14-17-6-8-18(9-7-17)16(3)21(24)22-19-10-12-20(13-11-19)23(4)5/h6-13,15-16H,14H2,1-5H3,(H,22,24)/t16-/m0/s1. The zero-order chi connectivity index (χ0) is 17.7. The van der Waals surface area contributed by atoms with Gasteiger partial charge in [0, 0.05) is 25.5 Å². The quantitative estimate of drug-likeness (QED) is 0.836. The summed E-state index contributed by atoms with van der Waals surface area (Å²) in [6.45, 7) is 6.37. The van der Waals surface area contributed by atoms with E-state index in [1.165, 1.54) is 5.56 Å². The smallest absolute Gasteiger partial charge is 0.231 e. The predicted octanol–water partition coefficient (Wildman–Crippen LogP) is 4.69. The third-order valence-electron chi connectivity index (χ3n) is 4.17. The second-order valence-corrected chi connectivity index (χ2v) is 6.99. The number of nitrogens with zero attached hydrogens (tertiary/aromatic N) is 1. The van der Waals surface area contributed by atoms with Crippen LogP contribution in [0.5, 0.6) is 0 Å². The van der Waals surface area contributed by atoms with E-state index in [0.29, 0.717) is 5.92 Å². The molecule has 0 aliphatic heterocycles. The Bertz CT molecular complexity index is 657. The number of carbonyl (C=O) groups is 1. The zero-order valence-electron chi connectivity index (χ0n) is 15.3. The monoisotopic (exact) mass is 324 g/mol. The summed E-state index contributed by atoms with van der Waals surface area (Å²) in [5, 5.41) is 3.00. The first kappa shape index (κ1) is 18.1. The maximum absolute atomic E-state index is 12.5. The maximum Gasteiger partial charge on any atom is 0.231 e. The molecule has 0 bridgehead atoms. The molecule has 3 heteroatoms. The number of hydrogen-bond donors (Lipinski definition) is 1. The van der Waals surface area contributed by atoms with E-state index in [1.54, 1.807) is 0 Å². The molecule has 0 unspecified atom stereocenters. The molecule has 0 fully saturated rings.